The molecule has 0 radical (unpaired) electrons. The number of hydrogen-bond donors (Lipinski definition) is 1. The molecule has 1 fully saturated rings. The average molecular weight is 312 g/mol. The second-order valence-electron chi connectivity index (χ2n) is 5.17. The fourth-order valence-electron chi connectivity index (χ4n) is 2.42. The van der Waals surface area contributed by atoms with Crippen molar-refractivity contribution in [3.05, 3.63) is 22.8 Å². The van der Waals surface area contributed by atoms with Gasteiger partial charge >= 0.3 is 0 Å². The Morgan fingerprint density at radius 2 is 1.90 bits per heavy atom. The number of hydrogen-bond acceptors (Lipinski definition) is 5. The Hall–Kier alpha value is -0.260. The minimum absolute atomic E-state index is 0.485. The van der Waals surface area contributed by atoms with E-state index in [0.29, 0.717) is 5.25 Å². The number of nitrogens with zero attached hydrogens (tertiary/aromatic N) is 2. The van der Waals surface area contributed by atoms with Crippen LogP contribution in [-0.2, 0) is 6.42 Å². The number of thioether (sulfide) groups is 2. The third-order valence-electron chi connectivity index (χ3n) is 3.52. The van der Waals surface area contributed by atoms with E-state index in [4.69, 9.17) is 9.97 Å². The van der Waals surface area contributed by atoms with Crippen molar-refractivity contribution in [2.45, 2.75) is 38.9 Å². The second kappa shape index (κ2) is 8.25. The van der Waals surface area contributed by atoms with Crippen molar-refractivity contribution in [3.63, 3.8) is 0 Å². The van der Waals surface area contributed by atoms with E-state index in [0.717, 1.165) is 31.1 Å². The van der Waals surface area contributed by atoms with Crippen LogP contribution >= 0.6 is 23.5 Å². The largest absolute Gasteiger partial charge is 0.316 e. The maximum atomic E-state index is 4.78. The summed E-state index contributed by atoms with van der Waals surface area (Å²) in [5.41, 5.74) is 3.66. The Labute approximate surface area is 131 Å². The van der Waals surface area contributed by atoms with E-state index in [-0.39, 0.29) is 0 Å². The van der Waals surface area contributed by atoms with Gasteiger partial charge in [-0.15, -0.1) is 11.8 Å². The minimum atomic E-state index is 0.485. The van der Waals surface area contributed by atoms with E-state index in [1.807, 2.05) is 23.5 Å². The van der Waals surface area contributed by atoms with Crippen LogP contribution in [0.1, 0.15) is 41.4 Å². The highest BCUT2D eigenvalue weighted by atomic mass is 32.2. The van der Waals surface area contributed by atoms with Gasteiger partial charge in [0.25, 0.3) is 0 Å². The summed E-state index contributed by atoms with van der Waals surface area (Å²) in [4.78, 5) is 9.57. The predicted octanol–water partition coefficient (Wildman–Crippen LogP) is 3.16. The van der Waals surface area contributed by atoms with Crippen molar-refractivity contribution >= 4 is 23.5 Å². The highest BCUT2D eigenvalue weighted by molar-refractivity contribution is 8.06. The summed E-state index contributed by atoms with van der Waals surface area (Å²) in [7, 11) is 0. The molecule has 1 N–H and O–H groups in total. The molecule has 0 spiro atoms. The van der Waals surface area contributed by atoms with Crippen molar-refractivity contribution < 1.29 is 0 Å². The first kappa shape index (κ1) is 16.1. The monoisotopic (exact) mass is 311 g/mol. The molecule has 0 saturated carbocycles. The van der Waals surface area contributed by atoms with Crippen molar-refractivity contribution in [1.29, 1.82) is 0 Å². The normalized spacial score (nSPS) is 19.2. The van der Waals surface area contributed by atoms with E-state index in [1.165, 1.54) is 34.9 Å². The topological polar surface area (TPSA) is 37.8 Å². The molecular weight excluding hydrogens is 286 g/mol. The van der Waals surface area contributed by atoms with E-state index in [2.05, 4.69) is 26.1 Å². The lowest BCUT2D eigenvalue weighted by atomic mass is 10.1. The molecule has 0 amide bonds. The van der Waals surface area contributed by atoms with E-state index < -0.39 is 0 Å². The SMILES string of the molecule is CCCNCCc1c(C)nc(C2CSCCS2)nc1C. The first-order chi connectivity index (χ1) is 9.72. The molecule has 0 bridgehead atoms. The Kier molecular flexibility index (Phi) is 6.65. The van der Waals surface area contributed by atoms with Gasteiger partial charge < -0.3 is 5.32 Å². The van der Waals surface area contributed by atoms with Gasteiger partial charge in [-0.3, -0.25) is 0 Å². The van der Waals surface area contributed by atoms with Crippen LogP contribution in [0.4, 0.5) is 0 Å². The third-order valence-corrected chi connectivity index (χ3v) is 6.27. The quantitative estimate of drug-likeness (QED) is 0.817. The van der Waals surface area contributed by atoms with Crippen LogP contribution < -0.4 is 5.32 Å². The van der Waals surface area contributed by atoms with Crippen molar-refractivity contribution in [2.24, 2.45) is 0 Å². The fraction of sp³-hybridized carbons (Fsp3) is 0.733. The number of aromatic nitrogens is 2. The molecule has 1 aromatic rings. The summed E-state index contributed by atoms with van der Waals surface area (Å²) >= 11 is 4.03. The van der Waals surface area contributed by atoms with Crippen molar-refractivity contribution in [1.82, 2.24) is 15.3 Å². The molecule has 2 rings (SSSR count). The van der Waals surface area contributed by atoms with Crippen LogP contribution in [0.25, 0.3) is 0 Å². The Bertz CT molecular complexity index is 408. The maximum absolute atomic E-state index is 4.78. The molecule has 1 aromatic heterocycles. The van der Waals surface area contributed by atoms with Gasteiger partial charge in [0.2, 0.25) is 0 Å². The maximum Gasteiger partial charge on any atom is 0.142 e. The van der Waals surface area contributed by atoms with Gasteiger partial charge in [-0.2, -0.15) is 11.8 Å². The highest BCUT2D eigenvalue weighted by Gasteiger charge is 2.20. The summed E-state index contributed by atoms with van der Waals surface area (Å²) in [6.45, 7) is 8.57. The van der Waals surface area contributed by atoms with E-state index in [9.17, 15) is 0 Å². The van der Waals surface area contributed by atoms with Crippen LogP contribution in [0.2, 0.25) is 0 Å². The lowest BCUT2D eigenvalue weighted by Gasteiger charge is -2.21. The molecule has 0 aliphatic carbocycles. The van der Waals surface area contributed by atoms with Gasteiger partial charge in [-0.25, -0.2) is 9.97 Å². The van der Waals surface area contributed by atoms with Gasteiger partial charge in [0, 0.05) is 28.6 Å². The first-order valence-corrected chi connectivity index (χ1v) is 9.66. The van der Waals surface area contributed by atoms with Crippen LogP contribution in [0.3, 0.4) is 0 Å². The van der Waals surface area contributed by atoms with Crippen LogP contribution in [0, 0.1) is 13.8 Å². The van der Waals surface area contributed by atoms with Crippen LogP contribution in [-0.4, -0.2) is 40.3 Å². The molecule has 20 heavy (non-hydrogen) atoms. The molecule has 0 aromatic carbocycles. The minimum Gasteiger partial charge on any atom is -0.316 e. The lowest BCUT2D eigenvalue weighted by molar-refractivity contribution is 0.664. The smallest absolute Gasteiger partial charge is 0.142 e. The summed E-state index contributed by atoms with van der Waals surface area (Å²) in [6.07, 6.45) is 2.22. The number of nitrogens with one attached hydrogen (secondary N) is 1. The lowest BCUT2D eigenvalue weighted by Crippen LogP contribution is -2.20. The molecule has 2 heterocycles. The van der Waals surface area contributed by atoms with Crippen LogP contribution in [0.15, 0.2) is 0 Å². The standard InChI is InChI=1S/C15H25N3S2/c1-4-6-16-7-5-13-11(2)17-15(18-12(13)3)14-10-19-8-9-20-14/h14,16H,4-10H2,1-3H3. The Morgan fingerprint density at radius 1 is 1.15 bits per heavy atom. The molecule has 1 saturated heterocycles. The second-order valence-corrected chi connectivity index (χ2v) is 7.63. The van der Waals surface area contributed by atoms with Crippen molar-refractivity contribution in [3.8, 4) is 0 Å². The van der Waals surface area contributed by atoms with Crippen LogP contribution in [0.5, 0.6) is 0 Å². The Morgan fingerprint density at radius 3 is 2.50 bits per heavy atom. The molecule has 3 nitrogen and oxygen atoms in total. The third kappa shape index (κ3) is 4.37. The molecule has 1 unspecified atom stereocenters. The van der Waals surface area contributed by atoms with Gasteiger partial charge in [0.1, 0.15) is 5.82 Å². The molecular formula is C15H25N3S2. The summed E-state index contributed by atoms with van der Waals surface area (Å²) in [6, 6.07) is 0. The molecule has 1 aliphatic heterocycles. The van der Waals surface area contributed by atoms with Gasteiger partial charge in [0.15, 0.2) is 0 Å². The first-order valence-electron chi connectivity index (χ1n) is 7.46. The van der Waals surface area contributed by atoms with E-state index in [1.54, 1.807) is 0 Å². The molecule has 5 heteroatoms. The summed E-state index contributed by atoms with van der Waals surface area (Å²) < 4.78 is 0. The fourth-order valence-corrected chi connectivity index (χ4v) is 5.02. The highest BCUT2D eigenvalue weighted by Crippen LogP contribution is 2.35. The summed E-state index contributed by atoms with van der Waals surface area (Å²) in [5.74, 6) is 4.68. The number of aryl methyl sites for hydroxylation is 2. The summed E-state index contributed by atoms with van der Waals surface area (Å²) in [5, 5.41) is 3.94. The van der Waals surface area contributed by atoms with Gasteiger partial charge in [-0.05, 0) is 45.3 Å². The van der Waals surface area contributed by atoms with E-state index >= 15 is 0 Å². The number of rotatable bonds is 6. The predicted molar refractivity (Wildman–Crippen MR) is 90.9 cm³/mol. The molecule has 1 aliphatic rings. The zero-order valence-corrected chi connectivity index (χ0v) is 14.4. The molecule has 1 atom stereocenters. The molecule has 112 valence electrons. The Balaban J connectivity index is 2.03. The van der Waals surface area contributed by atoms with Gasteiger partial charge in [-0.1, -0.05) is 6.92 Å². The zero-order valence-electron chi connectivity index (χ0n) is 12.7. The zero-order chi connectivity index (χ0) is 14.4. The van der Waals surface area contributed by atoms with Gasteiger partial charge in [0.05, 0.1) is 5.25 Å². The van der Waals surface area contributed by atoms with Crippen molar-refractivity contribution in [2.75, 3.05) is 30.3 Å². The average Bonchev–Trinajstić information content (AvgIpc) is 2.46.